The second-order valence-corrected chi connectivity index (χ2v) is 17.7. The first-order valence-electron chi connectivity index (χ1n) is 27.4. The average Bonchev–Trinajstić information content (AvgIpc) is 3.33. The highest BCUT2D eigenvalue weighted by atomic mass is 16.6. The predicted molar refractivity (Wildman–Crippen MR) is 288 cm³/mol. The lowest BCUT2D eigenvalue weighted by Crippen LogP contribution is -2.30. The minimum absolute atomic E-state index is 0.0902. The number of unbranched alkanes of at least 4 members (excludes halogenated alkanes) is 19. The molecule has 380 valence electrons. The minimum Gasteiger partial charge on any atom is -0.462 e. The third kappa shape index (κ3) is 52.9. The van der Waals surface area contributed by atoms with Crippen LogP contribution in [0.25, 0.3) is 0 Å². The van der Waals surface area contributed by atoms with Crippen LogP contribution in [0.2, 0.25) is 0 Å². The smallest absolute Gasteiger partial charge is 0.306 e. The van der Waals surface area contributed by atoms with Crippen LogP contribution in [0.15, 0.2) is 109 Å². The molecule has 1 atom stereocenters. The van der Waals surface area contributed by atoms with Crippen LogP contribution in [0, 0.1) is 0 Å². The molecule has 0 spiro atoms. The molecule has 0 bridgehead atoms. The Balaban J connectivity index is 4.33. The summed E-state index contributed by atoms with van der Waals surface area (Å²) in [6.45, 7) is 6.36. The van der Waals surface area contributed by atoms with E-state index in [4.69, 9.17) is 14.2 Å². The highest BCUT2D eigenvalue weighted by Crippen LogP contribution is 2.14. The van der Waals surface area contributed by atoms with Crippen LogP contribution in [-0.2, 0) is 28.6 Å². The molecule has 67 heavy (non-hydrogen) atoms. The average molecular weight is 929 g/mol. The fourth-order valence-corrected chi connectivity index (χ4v) is 7.22. The van der Waals surface area contributed by atoms with Crippen molar-refractivity contribution in [1.82, 2.24) is 0 Å². The van der Waals surface area contributed by atoms with Gasteiger partial charge < -0.3 is 14.2 Å². The summed E-state index contributed by atoms with van der Waals surface area (Å²) in [5.74, 6) is -0.928. The van der Waals surface area contributed by atoms with Gasteiger partial charge in [-0.2, -0.15) is 0 Å². The summed E-state index contributed by atoms with van der Waals surface area (Å²) in [6.07, 6.45) is 73.7. The first-order valence-corrected chi connectivity index (χ1v) is 27.4. The maximum atomic E-state index is 12.8. The molecule has 0 aromatic carbocycles. The molecule has 0 rings (SSSR count). The Kier molecular flexibility index (Phi) is 51.5. The maximum absolute atomic E-state index is 12.8. The van der Waals surface area contributed by atoms with Gasteiger partial charge in [-0.1, -0.05) is 226 Å². The third-order valence-electron chi connectivity index (χ3n) is 11.3. The number of hydrogen-bond acceptors (Lipinski definition) is 6. The zero-order valence-corrected chi connectivity index (χ0v) is 43.4. The van der Waals surface area contributed by atoms with E-state index in [0.717, 1.165) is 148 Å². The van der Waals surface area contributed by atoms with Crippen LogP contribution >= 0.6 is 0 Å². The molecule has 1 unspecified atom stereocenters. The van der Waals surface area contributed by atoms with Crippen molar-refractivity contribution in [2.24, 2.45) is 0 Å². The second kappa shape index (κ2) is 54.7. The standard InChI is InChI=1S/C61H100O6/c1-4-7-10-13-16-19-21-23-25-26-27-28-29-30-31-32-33-34-36-37-39-42-45-48-51-54-60(63)66-57-58(56-65-59(62)53-50-47-44-41-18-15-12-9-6-3)67-61(64)55-52-49-46-43-40-38-35-24-22-20-17-14-11-8-5-2/h7-8,10-11,16-17,19-20,23-25,27-28,30-31,33-35,58H,4-6,9,12-15,18,21-22,26,29,32,36-57H2,1-3H3/b10-7-,11-8-,19-16-,20-17-,25-23-,28-27-,31-30-,34-33-,35-24-. The highest BCUT2D eigenvalue weighted by Gasteiger charge is 2.19. The Morgan fingerprint density at radius 2 is 0.582 bits per heavy atom. The van der Waals surface area contributed by atoms with Crippen LogP contribution in [0.4, 0.5) is 0 Å². The number of ether oxygens (including phenoxy) is 3. The molecular weight excluding hydrogens is 829 g/mol. The normalized spacial score (nSPS) is 12.9. The van der Waals surface area contributed by atoms with Crippen molar-refractivity contribution in [3.8, 4) is 0 Å². The molecule has 0 fully saturated rings. The Labute approximate surface area is 412 Å². The van der Waals surface area contributed by atoms with Crippen molar-refractivity contribution < 1.29 is 28.6 Å². The van der Waals surface area contributed by atoms with Gasteiger partial charge in [-0.3, -0.25) is 14.4 Å². The molecule has 0 aromatic heterocycles. The van der Waals surface area contributed by atoms with Crippen molar-refractivity contribution in [3.05, 3.63) is 109 Å². The Morgan fingerprint density at radius 1 is 0.313 bits per heavy atom. The number of hydrogen-bond donors (Lipinski definition) is 0. The van der Waals surface area contributed by atoms with E-state index < -0.39 is 6.10 Å². The minimum atomic E-state index is -0.792. The predicted octanol–water partition coefficient (Wildman–Crippen LogP) is 18.3. The lowest BCUT2D eigenvalue weighted by atomic mass is 10.1. The molecule has 0 aliphatic carbocycles. The quantitative estimate of drug-likeness (QED) is 0.0262. The Hall–Kier alpha value is -3.93. The van der Waals surface area contributed by atoms with E-state index in [2.05, 4.69) is 130 Å². The number of allylic oxidation sites excluding steroid dienone is 18. The van der Waals surface area contributed by atoms with Gasteiger partial charge in [0.2, 0.25) is 0 Å². The number of rotatable bonds is 48. The topological polar surface area (TPSA) is 78.9 Å². The van der Waals surface area contributed by atoms with Crippen molar-refractivity contribution in [2.45, 2.75) is 245 Å². The fourth-order valence-electron chi connectivity index (χ4n) is 7.22. The third-order valence-corrected chi connectivity index (χ3v) is 11.3. The zero-order chi connectivity index (χ0) is 48.6. The van der Waals surface area contributed by atoms with Crippen molar-refractivity contribution in [2.75, 3.05) is 13.2 Å². The molecule has 0 aromatic rings. The molecule has 6 heteroatoms. The Bertz CT molecular complexity index is 1390. The van der Waals surface area contributed by atoms with Crippen LogP contribution in [0.5, 0.6) is 0 Å². The molecule has 6 nitrogen and oxygen atoms in total. The van der Waals surface area contributed by atoms with Crippen LogP contribution < -0.4 is 0 Å². The van der Waals surface area contributed by atoms with Gasteiger partial charge in [0, 0.05) is 19.3 Å². The molecule has 0 aliphatic heterocycles. The number of esters is 3. The summed E-state index contributed by atoms with van der Waals surface area (Å²) >= 11 is 0. The summed E-state index contributed by atoms with van der Waals surface area (Å²) in [6, 6.07) is 0. The largest absolute Gasteiger partial charge is 0.462 e. The van der Waals surface area contributed by atoms with Gasteiger partial charge in [-0.15, -0.1) is 0 Å². The lowest BCUT2D eigenvalue weighted by Gasteiger charge is -2.18. The van der Waals surface area contributed by atoms with Crippen molar-refractivity contribution in [1.29, 1.82) is 0 Å². The number of carbonyl (C=O) groups excluding carboxylic acids is 3. The summed E-state index contributed by atoms with van der Waals surface area (Å²) < 4.78 is 16.8. The molecule has 0 saturated carbocycles. The van der Waals surface area contributed by atoms with E-state index in [1.54, 1.807) is 0 Å². The van der Waals surface area contributed by atoms with E-state index in [9.17, 15) is 14.4 Å². The van der Waals surface area contributed by atoms with Gasteiger partial charge in [0.25, 0.3) is 0 Å². The SMILES string of the molecule is CC/C=C\C/C=C\C/C=C\C/C=C\C/C=C\C/C=C\CCCCCCCCC(=O)OCC(COC(=O)CCCCCCCCCCC)OC(=O)CCCCCCC/C=C\C/C=C\C/C=C\CC. The van der Waals surface area contributed by atoms with Crippen LogP contribution in [-0.4, -0.2) is 37.2 Å². The lowest BCUT2D eigenvalue weighted by molar-refractivity contribution is -0.167. The molecule has 0 amide bonds. The van der Waals surface area contributed by atoms with Crippen molar-refractivity contribution in [3.63, 3.8) is 0 Å². The fraction of sp³-hybridized carbons (Fsp3) is 0.656. The van der Waals surface area contributed by atoms with Gasteiger partial charge in [-0.25, -0.2) is 0 Å². The summed E-state index contributed by atoms with van der Waals surface area (Å²) in [5.41, 5.74) is 0. The van der Waals surface area contributed by atoms with Crippen molar-refractivity contribution >= 4 is 17.9 Å². The summed E-state index contributed by atoms with van der Waals surface area (Å²) in [7, 11) is 0. The van der Waals surface area contributed by atoms with Crippen LogP contribution in [0.3, 0.4) is 0 Å². The number of carbonyl (C=O) groups is 3. The molecule has 0 radical (unpaired) electrons. The molecular formula is C61H100O6. The van der Waals surface area contributed by atoms with Gasteiger partial charge in [0.15, 0.2) is 6.10 Å². The van der Waals surface area contributed by atoms with E-state index >= 15 is 0 Å². The maximum Gasteiger partial charge on any atom is 0.306 e. The first-order chi connectivity index (χ1) is 33.0. The van der Waals surface area contributed by atoms with Gasteiger partial charge in [-0.05, 0) is 103 Å². The van der Waals surface area contributed by atoms with Gasteiger partial charge in [0.05, 0.1) is 0 Å². The van der Waals surface area contributed by atoms with E-state index in [1.807, 2.05) is 0 Å². The van der Waals surface area contributed by atoms with E-state index in [-0.39, 0.29) is 31.1 Å². The monoisotopic (exact) mass is 929 g/mol. The Morgan fingerprint density at radius 3 is 0.910 bits per heavy atom. The highest BCUT2D eigenvalue weighted by molar-refractivity contribution is 5.71. The van der Waals surface area contributed by atoms with E-state index in [0.29, 0.717) is 19.3 Å². The molecule has 0 N–H and O–H groups in total. The molecule has 0 saturated heterocycles. The van der Waals surface area contributed by atoms with Gasteiger partial charge in [0.1, 0.15) is 13.2 Å². The molecule has 0 heterocycles. The van der Waals surface area contributed by atoms with Gasteiger partial charge >= 0.3 is 17.9 Å². The molecule has 0 aliphatic rings. The summed E-state index contributed by atoms with van der Waals surface area (Å²) in [4.78, 5) is 38.0. The first kappa shape index (κ1) is 63.1. The zero-order valence-electron chi connectivity index (χ0n) is 43.4. The van der Waals surface area contributed by atoms with Crippen LogP contribution in [0.1, 0.15) is 239 Å². The summed E-state index contributed by atoms with van der Waals surface area (Å²) in [5, 5.41) is 0. The second-order valence-electron chi connectivity index (χ2n) is 17.7. The van der Waals surface area contributed by atoms with E-state index in [1.165, 1.54) is 51.4 Å².